The summed E-state index contributed by atoms with van der Waals surface area (Å²) in [6.07, 6.45) is 3.08. The number of hydrogen-bond donors (Lipinski definition) is 2. The molecule has 0 amide bonds. The monoisotopic (exact) mass is 277 g/mol. The van der Waals surface area contributed by atoms with Crippen molar-refractivity contribution in [1.82, 2.24) is 5.48 Å². The zero-order chi connectivity index (χ0) is 14.2. The van der Waals surface area contributed by atoms with Gasteiger partial charge in [0.1, 0.15) is 12.4 Å². The Balaban J connectivity index is 1.74. The summed E-state index contributed by atoms with van der Waals surface area (Å²) in [4.78, 5) is 7.20. The molecule has 1 heterocycles. The van der Waals surface area contributed by atoms with E-state index in [1.54, 1.807) is 4.90 Å². The van der Waals surface area contributed by atoms with Gasteiger partial charge in [0.15, 0.2) is 0 Å². The van der Waals surface area contributed by atoms with Gasteiger partial charge < -0.3 is 9.64 Å². The third-order valence-corrected chi connectivity index (χ3v) is 3.66. The molecule has 1 aromatic carbocycles. The van der Waals surface area contributed by atoms with Gasteiger partial charge in [0, 0.05) is 12.0 Å². The molecule has 0 radical (unpaired) electrons. The maximum absolute atomic E-state index is 5.58. The molecule has 110 valence electrons. The van der Waals surface area contributed by atoms with E-state index in [-0.39, 0.29) is 0 Å². The normalized spacial score (nSPS) is 13.7. The van der Waals surface area contributed by atoms with Gasteiger partial charge in [0.25, 0.3) is 0 Å². The number of benzene rings is 1. The Kier molecular flexibility index (Phi) is 5.89. The Labute approximate surface area is 121 Å². The average molecular weight is 277 g/mol. The maximum Gasteiger partial charge on any atom is 0.129 e. The van der Waals surface area contributed by atoms with E-state index in [1.165, 1.54) is 13.1 Å². The van der Waals surface area contributed by atoms with Crippen LogP contribution in [0.2, 0.25) is 0 Å². The van der Waals surface area contributed by atoms with Crippen LogP contribution in [0.1, 0.15) is 25.8 Å². The second-order valence-electron chi connectivity index (χ2n) is 4.94. The number of rotatable bonds is 8. The fourth-order valence-corrected chi connectivity index (χ4v) is 2.36. The average Bonchev–Trinajstić information content (AvgIpc) is 2.51. The summed E-state index contributed by atoms with van der Waals surface area (Å²) in [5.74, 6) is 0.911. The highest BCUT2D eigenvalue weighted by atomic mass is 16.6. The molecule has 1 aliphatic heterocycles. The van der Waals surface area contributed by atoms with Crippen LogP contribution in [0, 0.1) is 0 Å². The molecule has 4 nitrogen and oxygen atoms in total. The lowest BCUT2D eigenvalue weighted by Gasteiger charge is -2.20. The lowest BCUT2D eigenvalue weighted by Crippen LogP contribution is -3.11. The van der Waals surface area contributed by atoms with Gasteiger partial charge >= 0.3 is 0 Å². The number of hydrogen-bond acceptors (Lipinski definition) is 3. The van der Waals surface area contributed by atoms with Crippen LogP contribution in [0.3, 0.4) is 0 Å². The molecule has 0 atom stereocenters. The van der Waals surface area contributed by atoms with E-state index in [2.05, 4.69) is 19.3 Å². The Hall–Kier alpha value is -1.52. The first-order valence-corrected chi connectivity index (χ1v) is 7.48. The summed E-state index contributed by atoms with van der Waals surface area (Å²) in [6.45, 7) is 9.28. The van der Waals surface area contributed by atoms with Crippen molar-refractivity contribution in [1.29, 1.82) is 0 Å². The fraction of sp³-hybridized carbons (Fsp3) is 0.500. The first-order valence-electron chi connectivity index (χ1n) is 7.48. The van der Waals surface area contributed by atoms with Crippen molar-refractivity contribution in [2.24, 2.45) is 0 Å². The van der Waals surface area contributed by atoms with Gasteiger partial charge in [-0.25, -0.2) is 0 Å². The summed E-state index contributed by atoms with van der Waals surface area (Å²) >= 11 is 0. The molecule has 0 aromatic heterocycles. The largest absolute Gasteiger partial charge is 0.489 e. The smallest absolute Gasteiger partial charge is 0.129 e. The van der Waals surface area contributed by atoms with Gasteiger partial charge in [-0.3, -0.25) is 10.3 Å². The Morgan fingerprint density at radius 2 is 2.05 bits per heavy atom. The number of quaternary nitrogens is 1. The molecule has 1 aromatic rings. The maximum atomic E-state index is 5.58. The van der Waals surface area contributed by atoms with Crippen molar-refractivity contribution in [3.8, 4) is 5.75 Å². The molecule has 0 unspecified atom stereocenters. The number of para-hydroxylation sites is 1. The van der Waals surface area contributed by atoms with Crippen LogP contribution in [0.15, 0.2) is 30.3 Å². The third-order valence-electron chi connectivity index (χ3n) is 3.66. The predicted molar refractivity (Wildman–Crippen MR) is 80.5 cm³/mol. The topological polar surface area (TPSA) is 34.9 Å². The van der Waals surface area contributed by atoms with E-state index in [0.717, 1.165) is 36.6 Å². The number of nitrogens with one attached hydrogen (secondary N) is 2. The van der Waals surface area contributed by atoms with E-state index >= 15 is 0 Å². The SMILES string of the molecule is CC[NH+](CC)CCCONC1=CCOc2ccccc21. The van der Waals surface area contributed by atoms with Crippen LogP contribution in [-0.4, -0.2) is 32.8 Å². The molecule has 2 N–H and O–H groups in total. The second kappa shape index (κ2) is 7.92. The van der Waals surface area contributed by atoms with Crippen molar-refractivity contribution in [3.63, 3.8) is 0 Å². The standard InChI is InChI=1S/C16H24N2O2/c1-3-18(4-2)11-7-12-20-17-15-10-13-19-16-9-6-5-8-14(15)16/h5-6,8-10,17H,3-4,7,11-13H2,1-2H3/p+1. The van der Waals surface area contributed by atoms with Crippen LogP contribution in [0.4, 0.5) is 0 Å². The molecule has 0 saturated carbocycles. The molecule has 4 heteroatoms. The summed E-state index contributed by atoms with van der Waals surface area (Å²) in [5.41, 5.74) is 5.12. The molecule has 2 rings (SSSR count). The van der Waals surface area contributed by atoms with Crippen molar-refractivity contribution in [3.05, 3.63) is 35.9 Å². The highest BCUT2D eigenvalue weighted by molar-refractivity contribution is 5.70. The third kappa shape index (κ3) is 3.99. The lowest BCUT2D eigenvalue weighted by molar-refractivity contribution is -0.896. The quantitative estimate of drug-likeness (QED) is 0.554. The molecule has 0 spiro atoms. The van der Waals surface area contributed by atoms with Crippen LogP contribution >= 0.6 is 0 Å². The van der Waals surface area contributed by atoms with Crippen LogP contribution in [0.25, 0.3) is 5.70 Å². The first kappa shape index (κ1) is 14.9. The molecule has 1 aliphatic rings. The summed E-state index contributed by atoms with van der Waals surface area (Å²) < 4.78 is 5.57. The molecule has 0 saturated heterocycles. The van der Waals surface area contributed by atoms with Crippen molar-refractivity contribution < 1.29 is 14.5 Å². The molecule has 0 bridgehead atoms. The van der Waals surface area contributed by atoms with Gasteiger partial charge in [-0.2, -0.15) is 0 Å². The summed E-state index contributed by atoms with van der Waals surface area (Å²) in [5, 5.41) is 0. The highest BCUT2D eigenvalue weighted by Crippen LogP contribution is 2.27. The molecular formula is C16H25N2O2+. The Morgan fingerprint density at radius 1 is 1.25 bits per heavy atom. The summed E-state index contributed by atoms with van der Waals surface area (Å²) in [6, 6.07) is 8.01. The fourth-order valence-electron chi connectivity index (χ4n) is 2.36. The van der Waals surface area contributed by atoms with Crippen molar-refractivity contribution in [2.75, 3.05) is 32.8 Å². The first-order chi connectivity index (χ1) is 9.85. The predicted octanol–water partition coefficient (Wildman–Crippen LogP) is 1.26. The van der Waals surface area contributed by atoms with Gasteiger partial charge in [0.05, 0.1) is 31.9 Å². The van der Waals surface area contributed by atoms with Gasteiger partial charge in [-0.15, -0.1) is 0 Å². The van der Waals surface area contributed by atoms with Crippen molar-refractivity contribution in [2.45, 2.75) is 20.3 Å². The van der Waals surface area contributed by atoms with Crippen LogP contribution in [-0.2, 0) is 4.84 Å². The Morgan fingerprint density at radius 3 is 2.85 bits per heavy atom. The Bertz CT molecular complexity index is 442. The van der Waals surface area contributed by atoms with E-state index in [9.17, 15) is 0 Å². The molecule has 0 fully saturated rings. The number of ether oxygens (including phenoxy) is 1. The number of fused-ring (bicyclic) bond motifs is 1. The second-order valence-corrected chi connectivity index (χ2v) is 4.94. The molecule has 0 aliphatic carbocycles. The van der Waals surface area contributed by atoms with Crippen molar-refractivity contribution >= 4 is 5.70 Å². The minimum Gasteiger partial charge on any atom is -0.489 e. The van der Waals surface area contributed by atoms with Gasteiger partial charge in [0.2, 0.25) is 0 Å². The van der Waals surface area contributed by atoms with E-state index < -0.39 is 0 Å². The molecule has 20 heavy (non-hydrogen) atoms. The zero-order valence-electron chi connectivity index (χ0n) is 12.4. The van der Waals surface area contributed by atoms with E-state index in [1.807, 2.05) is 30.3 Å². The van der Waals surface area contributed by atoms with Crippen LogP contribution < -0.4 is 15.1 Å². The lowest BCUT2D eigenvalue weighted by atomic mass is 10.1. The minimum absolute atomic E-state index is 0.590. The zero-order valence-corrected chi connectivity index (χ0v) is 12.4. The van der Waals surface area contributed by atoms with Gasteiger partial charge in [-0.1, -0.05) is 12.1 Å². The van der Waals surface area contributed by atoms with Gasteiger partial charge in [-0.05, 0) is 32.1 Å². The van der Waals surface area contributed by atoms with E-state index in [4.69, 9.17) is 9.57 Å². The summed E-state index contributed by atoms with van der Waals surface area (Å²) in [7, 11) is 0. The number of hydroxylamine groups is 1. The van der Waals surface area contributed by atoms with E-state index in [0.29, 0.717) is 6.61 Å². The van der Waals surface area contributed by atoms with Crippen LogP contribution in [0.5, 0.6) is 5.75 Å². The highest BCUT2D eigenvalue weighted by Gasteiger charge is 2.12. The minimum atomic E-state index is 0.590. The molecular weight excluding hydrogens is 252 g/mol.